The summed E-state index contributed by atoms with van der Waals surface area (Å²) in [7, 11) is 0. The van der Waals surface area contributed by atoms with Gasteiger partial charge in [0.25, 0.3) is 0 Å². The van der Waals surface area contributed by atoms with Crippen molar-refractivity contribution >= 4 is 23.8 Å². The minimum atomic E-state index is -0.911. The quantitative estimate of drug-likeness (QED) is 0.919. The molecule has 1 unspecified atom stereocenters. The molecule has 1 aliphatic heterocycles. The number of hydrogen-bond donors (Lipinski definition) is 1. The molecule has 1 atom stereocenters. The van der Waals surface area contributed by atoms with Gasteiger partial charge in [-0.3, -0.25) is 4.99 Å². The molecule has 1 N–H and O–H groups in total. The molecule has 0 radical (unpaired) electrons. The Bertz CT molecular complexity index is 950. The maximum atomic E-state index is 11.0. The summed E-state index contributed by atoms with van der Waals surface area (Å²) >= 11 is 0. The fourth-order valence-corrected chi connectivity index (χ4v) is 3.06. The topological polar surface area (TPSA) is 49.7 Å². The molecule has 0 amide bonds. The van der Waals surface area contributed by atoms with Crippen LogP contribution in [0.3, 0.4) is 0 Å². The number of carboxylic acids is 1. The summed E-state index contributed by atoms with van der Waals surface area (Å²) < 4.78 is 0. The molecule has 0 aromatic heterocycles. The van der Waals surface area contributed by atoms with E-state index in [1.165, 1.54) is 21.6 Å². The number of hydrogen-bond acceptors (Lipinski definition) is 2. The van der Waals surface area contributed by atoms with Crippen molar-refractivity contribution in [1.29, 1.82) is 0 Å². The molecular weight excluding hydrogens is 274 g/mol. The number of rotatable bonds is 2. The van der Waals surface area contributed by atoms with Crippen molar-refractivity contribution < 1.29 is 9.90 Å². The third-order valence-electron chi connectivity index (χ3n) is 4.11. The maximum Gasteiger partial charge on any atom is 0.335 e. The van der Waals surface area contributed by atoms with Crippen LogP contribution in [0.25, 0.3) is 11.6 Å². The molecular formula is C19H13NO2. The van der Waals surface area contributed by atoms with Gasteiger partial charge in [-0.2, -0.15) is 0 Å². The molecule has 106 valence electrons. The van der Waals surface area contributed by atoms with Crippen molar-refractivity contribution in [2.75, 3.05) is 0 Å². The second-order valence-corrected chi connectivity index (χ2v) is 5.40. The SMILES string of the molecule is O=C(O)c1ccc(C2N=CC=C3C=c4ccccc4=C32)cc1. The molecule has 3 nitrogen and oxygen atoms in total. The second-order valence-electron chi connectivity index (χ2n) is 5.40. The van der Waals surface area contributed by atoms with Crippen LogP contribution in [-0.2, 0) is 0 Å². The first-order valence-electron chi connectivity index (χ1n) is 7.12. The maximum absolute atomic E-state index is 11.0. The number of dihydropyridines is 1. The molecule has 0 bridgehead atoms. The van der Waals surface area contributed by atoms with Gasteiger partial charge >= 0.3 is 5.97 Å². The average Bonchev–Trinajstić information content (AvgIpc) is 2.93. The minimum Gasteiger partial charge on any atom is -0.478 e. The fraction of sp³-hybridized carbons (Fsp3) is 0.0526. The number of nitrogens with zero attached hydrogens (tertiary/aromatic N) is 1. The molecule has 1 aliphatic carbocycles. The molecule has 2 aromatic rings. The Balaban J connectivity index is 1.87. The molecule has 3 heteroatoms. The van der Waals surface area contributed by atoms with E-state index in [1.54, 1.807) is 12.1 Å². The van der Waals surface area contributed by atoms with E-state index >= 15 is 0 Å². The predicted octanol–water partition coefficient (Wildman–Crippen LogP) is 2.08. The van der Waals surface area contributed by atoms with Crippen LogP contribution in [0.1, 0.15) is 22.0 Å². The van der Waals surface area contributed by atoms with E-state index in [-0.39, 0.29) is 6.04 Å². The number of fused-ring (bicyclic) bond motifs is 2. The minimum absolute atomic E-state index is 0.0808. The standard InChI is InChI=1S/C19H13NO2/c21-19(22)13-7-5-12(6-8-13)18-17-15(9-10-20-18)11-14-3-1-2-4-16(14)17/h1-11,18H,(H,21,22). The van der Waals surface area contributed by atoms with Crippen LogP contribution >= 0.6 is 0 Å². The van der Waals surface area contributed by atoms with Gasteiger partial charge in [0, 0.05) is 6.21 Å². The number of aliphatic imine (C=N–C) groups is 1. The highest BCUT2D eigenvalue weighted by molar-refractivity contribution is 5.95. The van der Waals surface area contributed by atoms with E-state index in [9.17, 15) is 4.79 Å². The van der Waals surface area contributed by atoms with E-state index in [4.69, 9.17) is 5.11 Å². The molecule has 0 saturated heterocycles. The Morgan fingerprint density at radius 1 is 1.05 bits per heavy atom. The molecule has 0 saturated carbocycles. The smallest absolute Gasteiger partial charge is 0.335 e. The van der Waals surface area contributed by atoms with E-state index in [2.05, 4.69) is 23.2 Å². The fourth-order valence-electron chi connectivity index (χ4n) is 3.06. The van der Waals surface area contributed by atoms with Gasteiger partial charge in [0.15, 0.2) is 0 Å². The lowest BCUT2D eigenvalue weighted by Gasteiger charge is -2.19. The summed E-state index contributed by atoms with van der Waals surface area (Å²) in [6.45, 7) is 0. The summed E-state index contributed by atoms with van der Waals surface area (Å²) in [6, 6.07) is 15.2. The van der Waals surface area contributed by atoms with Crippen LogP contribution in [0.2, 0.25) is 0 Å². The zero-order valence-corrected chi connectivity index (χ0v) is 11.7. The number of carbonyl (C=O) groups is 1. The third kappa shape index (κ3) is 1.91. The zero-order valence-electron chi connectivity index (χ0n) is 11.7. The van der Waals surface area contributed by atoms with Crippen LogP contribution in [0.15, 0.2) is 65.2 Å². The third-order valence-corrected chi connectivity index (χ3v) is 4.11. The highest BCUT2D eigenvalue weighted by atomic mass is 16.4. The second kappa shape index (κ2) is 4.81. The first kappa shape index (κ1) is 12.8. The molecule has 4 rings (SSSR count). The highest BCUT2D eigenvalue weighted by Gasteiger charge is 2.23. The lowest BCUT2D eigenvalue weighted by molar-refractivity contribution is 0.0697. The van der Waals surface area contributed by atoms with Gasteiger partial charge in [-0.1, -0.05) is 36.4 Å². The van der Waals surface area contributed by atoms with E-state index in [0.717, 1.165) is 5.56 Å². The monoisotopic (exact) mass is 287 g/mol. The Hall–Kier alpha value is -2.94. The number of aromatic carboxylic acids is 1. The Labute approximate surface area is 127 Å². The molecule has 1 heterocycles. The number of benzene rings is 2. The van der Waals surface area contributed by atoms with E-state index in [0.29, 0.717) is 5.56 Å². The summed E-state index contributed by atoms with van der Waals surface area (Å²) in [6.07, 6.45) is 6.03. The van der Waals surface area contributed by atoms with Crippen molar-refractivity contribution in [2.45, 2.75) is 6.04 Å². The molecule has 22 heavy (non-hydrogen) atoms. The van der Waals surface area contributed by atoms with Crippen molar-refractivity contribution in [3.63, 3.8) is 0 Å². The van der Waals surface area contributed by atoms with Gasteiger partial charge in [-0.25, -0.2) is 4.79 Å². The lowest BCUT2D eigenvalue weighted by Crippen LogP contribution is -2.23. The van der Waals surface area contributed by atoms with Crippen molar-refractivity contribution in [1.82, 2.24) is 0 Å². The largest absolute Gasteiger partial charge is 0.478 e. The van der Waals surface area contributed by atoms with Gasteiger partial charge in [0.2, 0.25) is 0 Å². The van der Waals surface area contributed by atoms with Gasteiger partial charge in [0.1, 0.15) is 6.04 Å². The van der Waals surface area contributed by atoms with Gasteiger partial charge in [-0.05, 0) is 51.4 Å². The van der Waals surface area contributed by atoms with Crippen LogP contribution in [0.5, 0.6) is 0 Å². The molecule has 2 aliphatic rings. The molecule has 0 fully saturated rings. The van der Waals surface area contributed by atoms with E-state index < -0.39 is 5.97 Å². The van der Waals surface area contributed by atoms with Crippen LogP contribution in [-0.4, -0.2) is 17.3 Å². The summed E-state index contributed by atoms with van der Waals surface area (Å²) in [5.74, 6) is -0.911. The Morgan fingerprint density at radius 2 is 1.82 bits per heavy atom. The summed E-state index contributed by atoms with van der Waals surface area (Å²) in [5.41, 5.74) is 3.68. The number of allylic oxidation sites excluding steroid dienone is 1. The van der Waals surface area contributed by atoms with E-state index in [1.807, 2.05) is 36.6 Å². The number of carboxylic acid groups (broad SMARTS) is 1. The van der Waals surface area contributed by atoms with Crippen LogP contribution < -0.4 is 10.4 Å². The van der Waals surface area contributed by atoms with Gasteiger partial charge < -0.3 is 5.11 Å². The van der Waals surface area contributed by atoms with Crippen molar-refractivity contribution in [2.24, 2.45) is 4.99 Å². The van der Waals surface area contributed by atoms with Crippen LogP contribution in [0.4, 0.5) is 0 Å². The van der Waals surface area contributed by atoms with Gasteiger partial charge in [0.05, 0.1) is 5.56 Å². The molecule has 2 aromatic carbocycles. The predicted molar refractivity (Wildman–Crippen MR) is 86.3 cm³/mol. The Morgan fingerprint density at radius 3 is 2.59 bits per heavy atom. The van der Waals surface area contributed by atoms with Gasteiger partial charge in [-0.15, -0.1) is 0 Å². The first-order valence-corrected chi connectivity index (χ1v) is 7.12. The lowest BCUT2D eigenvalue weighted by atomic mass is 9.91. The summed E-state index contributed by atoms with van der Waals surface area (Å²) in [4.78, 5) is 15.6. The molecule has 0 spiro atoms. The normalized spacial score (nSPS) is 18.3. The zero-order chi connectivity index (χ0) is 15.1. The summed E-state index contributed by atoms with van der Waals surface area (Å²) in [5, 5.41) is 11.4. The van der Waals surface area contributed by atoms with Crippen molar-refractivity contribution in [3.05, 3.63) is 81.7 Å². The van der Waals surface area contributed by atoms with Crippen molar-refractivity contribution in [3.8, 4) is 0 Å². The first-order chi connectivity index (χ1) is 10.7. The Kier molecular flexibility index (Phi) is 2.79. The van der Waals surface area contributed by atoms with Crippen LogP contribution in [0, 0.1) is 0 Å². The average molecular weight is 287 g/mol. The highest BCUT2D eigenvalue weighted by Crippen LogP contribution is 2.35.